The van der Waals surface area contributed by atoms with Gasteiger partial charge in [-0.2, -0.15) is 30.1 Å². The maximum absolute atomic E-state index is 12.0. The third kappa shape index (κ3) is 5.05. The van der Waals surface area contributed by atoms with E-state index in [0.717, 1.165) is 12.8 Å². The first-order chi connectivity index (χ1) is 18.7. The zero-order chi connectivity index (χ0) is 27.3. The average molecular weight is 567 g/mol. The Bertz CT molecular complexity index is 1640. The summed E-state index contributed by atoms with van der Waals surface area (Å²) in [6.07, 6.45) is 4.18. The summed E-state index contributed by atoms with van der Waals surface area (Å²) in [6.45, 7) is 4.12. The maximum atomic E-state index is 12.0. The number of nitrogens with zero attached hydrogens (tertiary/aromatic N) is 8. The number of halogens is 1. The number of hydrogen-bond donors (Lipinski definition) is 2. The van der Waals surface area contributed by atoms with Crippen molar-refractivity contribution in [3.8, 4) is 12.1 Å². The van der Waals surface area contributed by atoms with Gasteiger partial charge in [0.1, 0.15) is 11.6 Å². The molecule has 39 heavy (non-hydrogen) atoms. The fraction of sp³-hybridized carbons (Fsp3) is 0.480. The molecule has 2 N–H and O–H groups in total. The van der Waals surface area contributed by atoms with Crippen LogP contribution in [0.3, 0.4) is 0 Å². The molecule has 0 spiro atoms. The molecule has 2 aliphatic heterocycles. The zero-order valence-corrected chi connectivity index (χ0v) is 22.9. The molecule has 0 unspecified atom stereocenters. The number of anilines is 4. The molecule has 202 valence electrons. The van der Waals surface area contributed by atoms with E-state index < -0.39 is 9.84 Å². The summed E-state index contributed by atoms with van der Waals surface area (Å²) in [5.74, 6) is 1.16. The van der Waals surface area contributed by atoms with Gasteiger partial charge in [-0.3, -0.25) is 4.90 Å². The summed E-state index contributed by atoms with van der Waals surface area (Å²) in [7, 11) is -2.96. The van der Waals surface area contributed by atoms with E-state index in [4.69, 9.17) is 11.6 Å². The number of fused-ring (bicyclic) bond motifs is 1. The Morgan fingerprint density at radius 1 is 1.13 bits per heavy atom. The van der Waals surface area contributed by atoms with Gasteiger partial charge in [0.05, 0.1) is 45.7 Å². The van der Waals surface area contributed by atoms with Crippen molar-refractivity contribution >= 4 is 50.4 Å². The van der Waals surface area contributed by atoms with Crippen LogP contribution in [-0.2, 0) is 9.84 Å². The smallest absolute Gasteiger partial charge is 0.232 e. The largest absolute Gasteiger partial charge is 0.365 e. The second kappa shape index (κ2) is 9.83. The van der Waals surface area contributed by atoms with Crippen molar-refractivity contribution in [3.63, 3.8) is 0 Å². The van der Waals surface area contributed by atoms with Crippen LogP contribution in [0.2, 0.25) is 5.02 Å². The van der Waals surface area contributed by atoms with E-state index in [-0.39, 0.29) is 29.5 Å². The first-order valence-corrected chi connectivity index (χ1v) is 15.1. The fourth-order valence-electron chi connectivity index (χ4n) is 5.35. The Hall–Kier alpha value is -3.65. The molecule has 0 bridgehead atoms. The third-order valence-corrected chi connectivity index (χ3v) is 9.67. The standard InChI is InChI=1S/C25H27ClN10O2S/c1-15-13-34(19-4-7-39(37,38)14-19)5-6-35(15)21-9-16(10-27)8-20(22(21)26)31-24-32-23-17(11-28)12-29-36(23)25(33-24)30-18-2-3-18/h8-9,12,15,18-19H,2-7,13-14H2,1H3,(H2,30,31,32,33)/t15-,19+/m0/s1. The molecule has 14 heteroatoms. The quantitative estimate of drug-likeness (QED) is 0.452. The summed E-state index contributed by atoms with van der Waals surface area (Å²) in [4.78, 5) is 13.5. The number of sulfone groups is 1. The molecular weight excluding hydrogens is 540 g/mol. The third-order valence-electron chi connectivity index (χ3n) is 7.52. The van der Waals surface area contributed by atoms with Crippen LogP contribution in [0.5, 0.6) is 0 Å². The summed E-state index contributed by atoms with van der Waals surface area (Å²) >= 11 is 6.93. The van der Waals surface area contributed by atoms with Gasteiger partial charge in [-0.25, -0.2) is 8.42 Å². The van der Waals surface area contributed by atoms with Crippen LogP contribution in [0.15, 0.2) is 18.3 Å². The van der Waals surface area contributed by atoms with Gasteiger partial charge in [-0.1, -0.05) is 11.6 Å². The highest BCUT2D eigenvalue weighted by Gasteiger charge is 2.36. The predicted octanol–water partition coefficient (Wildman–Crippen LogP) is 2.54. The van der Waals surface area contributed by atoms with Crippen LogP contribution in [0.25, 0.3) is 5.65 Å². The zero-order valence-electron chi connectivity index (χ0n) is 21.3. The number of benzene rings is 1. The minimum atomic E-state index is -2.96. The monoisotopic (exact) mass is 566 g/mol. The van der Waals surface area contributed by atoms with Crippen molar-refractivity contribution in [1.29, 1.82) is 10.5 Å². The summed E-state index contributed by atoms with van der Waals surface area (Å²) in [6, 6.07) is 8.14. The van der Waals surface area contributed by atoms with Crippen LogP contribution in [0.1, 0.15) is 37.3 Å². The molecule has 1 saturated carbocycles. The SMILES string of the molecule is C[C@H]1CN([C@@H]2CCS(=O)(=O)C2)CCN1c1cc(C#N)cc(Nc2nc(NC3CC3)n3ncc(C#N)c3n2)c1Cl. The summed E-state index contributed by atoms with van der Waals surface area (Å²) in [5.41, 5.74) is 2.29. The van der Waals surface area contributed by atoms with Crippen LogP contribution in [-0.4, -0.2) is 82.2 Å². The number of nitriles is 2. The van der Waals surface area contributed by atoms with Crippen molar-refractivity contribution in [2.45, 2.75) is 44.3 Å². The summed E-state index contributed by atoms with van der Waals surface area (Å²) in [5, 5.41) is 30.5. The second-order valence-electron chi connectivity index (χ2n) is 10.4. The van der Waals surface area contributed by atoms with Gasteiger partial charge in [-0.05, 0) is 38.3 Å². The lowest BCUT2D eigenvalue weighted by Crippen LogP contribution is -2.55. The van der Waals surface area contributed by atoms with Gasteiger partial charge in [0.25, 0.3) is 0 Å². The Labute approximate surface area is 231 Å². The molecule has 3 aliphatic rings. The Morgan fingerprint density at radius 2 is 1.95 bits per heavy atom. The summed E-state index contributed by atoms with van der Waals surface area (Å²) < 4.78 is 25.5. The minimum absolute atomic E-state index is 0.0464. The minimum Gasteiger partial charge on any atom is -0.365 e. The molecule has 3 fully saturated rings. The van der Waals surface area contributed by atoms with Gasteiger partial charge >= 0.3 is 0 Å². The van der Waals surface area contributed by atoms with Crippen molar-refractivity contribution in [2.24, 2.45) is 0 Å². The van der Waals surface area contributed by atoms with Crippen LogP contribution >= 0.6 is 11.6 Å². The van der Waals surface area contributed by atoms with Gasteiger partial charge in [0.2, 0.25) is 11.9 Å². The number of aromatic nitrogens is 4. The number of rotatable bonds is 6. The van der Waals surface area contributed by atoms with Crippen molar-refractivity contribution in [2.75, 3.05) is 46.7 Å². The van der Waals surface area contributed by atoms with Gasteiger partial charge in [-0.15, -0.1) is 0 Å². The van der Waals surface area contributed by atoms with Crippen molar-refractivity contribution < 1.29 is 8.42 Å². The molecule has 0 radical (unpaired) electrons. The van der Waals surface area contributed by atoms with Gasteiger partial charge in [0.15, 0.2) is 15.5 Å². The van der Waals surface area contributed by atoms with Crippen molar-refractivity contribution in [1.82, 2.24) is 24.5 Å². The van der Waals surface area contributed by atoms with E-state index in [0.29, 0.717) is 71.2 Å². The first-order valence-electron chi connectivity index (χ1n) is 12.9. The van der Waals surface area contributed by atoms with E-state index in [9.17, 15) is 18.9 Å². The van der Waals surface area contributed by atoms with Gasteiger partial charge in [0, 0.05) is 37.8 Å². The molecule has 2 atom stereocenters. The number of nitrogens with one attached hydrogen (secondary N) is 2. The highest BCUT2D eigenvalue weighted by atomic mass is 35.5. The lowest BCUT2D eigenvalue weighted by molar-refractivity contribution is 0.178. The molecule has 1 aliphatic carbocycles. The molecule has 6 rings (SSSR count). The topological polar surface area (TPSA) is 155 Å². The first kappa shape index (κ1) is 25.6. The molecule has 2 aromatic heterocycles. The predicted molar refractivity (Wildman–Crippen MR) is 147 cm³/mol. The van der Waals surface area contributed by atoms with Crippen LogP contribution in [0.4, 0.5) is 23.3 Å². The van der Waals surface area contributed by atoms with E-state index in [2.05, 4.69) is 54.6 Å². The average Bonchev–Trinajstić information content (AvgIpc) is 3.51. The van der Waals surface area contributed by atoms with E-state index in [1.807, 2.05) is 0 Å². The molecule has 1 aromatic carbocycles. The number of piperazine rings is 1. The molecule has 4 heterocycles. The van der Waals surface area contributed by atoms with E-state index in [1.165, 1.54) is 10.7 Å². The lowest BCUT2D eigenvalue weighted by Gasteiger charge is -2.43. The highest BCUT2D eigenvalue weighted by Crippen LogP contribution is 2.38. The molecule has 2 saturated heterocycles. The lowest BCUT2D eigenvalue weighted by atomic mass is 10.1. The molecular formula is C25H27ClN10O2S. The van der Waals surface area contributed by atoms with Crippen LogP contribution < -0.4 is 15.5 Å². The van der Waals surface area contributed by atoms with E-state index in [1.54, 1.807) is 12.1 Å². The second-order valence-corrected chi connectivity index (χ2v) is 13.0. The van der Waals surface area contributed by atoms with Crippen LogP contribution in [0, 0.1) is 22.7 Å². The molecule has 0 amide bonds. The Balaban J connectivity index is 1.29. The normalized spacial score (nSPS) is 22.9. The fourth-order valence-corrected chi connectivity index (χ4v) is 7.38. The van der Waals surface area contributed by atoms with Gasteiger partial charge < -0.3 is 15.5 Å². The number of hydrogen-bond acceptors (Lipinski definition) is 11. The Morgan fingerprint density at radius 3 is 2.62 bits per heavy atom. The van der Waals surface area contributed by atoms with Crippen molar-refractivity contribution in [3.05, 3.63) is 34.5 Å². The molecule has 12 nitrogen and oxygen atoms in total. The molecule has 3 aromatic rings. The highest BCUT2D eigenvalue weighted by molar-refractivity contribution is 7.91. The maximum Gasteiger partial charge on any atom is 0.232 e. The van der Waals surface area contributed by atoms with E-state index >= 15 is 0 Å². The Kier molecular flexibility index (Phi) is 6.46.